The van der Waals surface area contributed by atoms with Gasteiger partial charge in [-0.3, -0.25) is 10.1 Å². The molecule has 2 fully saturated rings. The van der Waals surface area contributed by atoms with E-state index in [-0.39, 0.29) is 33.0 Å². The molecule has 2 N–H and O–H groups in total. The van der Waals surface area contributed by atoms with Crippen LogP contribution in [0.3, 0.4) is 0 Å². The number of benzene rings is 2. The molecule has 1 saturated heterocycles. The van der Waals surface area contributed by atoms with Crippen LogP contribution in [0.25, 0.3) is 0 Å². The third-order valence-corrected chi connectivity index (χ3v) is 8.26. The van der Waals surface area contributed by atoms with Crippen LogP contribution in [-0.2, 0) is 10.2 Å². The van der Waals surface area contributed by atoms with E-state index in [0.717, 1.165) is 38.2 Å². The molecule has 1 aliphatic heterocycles. The van der Waals surface area contributed by atoms with Crippen molar-refractivity contribution in [3.63, 3.8) is 0 Å². The second-order valence-corrected chi connectivity index (χ2v) is 10.3. The van der Waals surface area contributed by atoms with E-state index < -0.39 is 41.0 Å². The van der Waals surface area contributed by atoms with E-state index >= 15 is 8.78 Å². The van der Waals surface area contributed by atoms with Gasteiger partial charge >= 0.3 is 5.97 Å². The zero-order valence-electron chi connectivity index (χ0n) is 18.7. The smallest absolute Gasteiger partial charge is 0.321 e. The first kappa shape index (κ1) is 24.9. The molecule has 0 amide bonds. The number of aliphatic carboxylic acids is 1. The zero-order valence-corrected chi connectivity index (χ0v) is 20.2. The van der Waals surface area contributed by atoms with Crippen LogP contribution in [0.1, 0.15) is 56.1 Å². The van der Waals surface area contributed by atoms with Gasteiger partial charge in [0.1, 0.15) is 23.1 Å². The maximum atomic E-state index is 15.5. The number of carbonyl (C=O) groups is 1. The van der Waals surface area contributed by atoms with Crippen molar-refractivity contribution in [2.75, 3.05) is 0 Å². The van der Waals surface area contributed by atoms with Gasteiger partial charge in [-0.15, -0.1) is 0 Å². The molecule has 4 nitrogen and oxygen atoms in total. The monoisotopic (exact) mass is 506 g/mol. The van der Waals surface area contributed by atoms with Crippen LogP contribution in [0.15, 0.2) is 36.4 Å². The molecule has 2 aliphatic rings. The van der Waals surface area contributed by atoms with E-state index in [9.17, 15) is 15.2 Å². The molecular weight excluding hydrogens is 481 g/mol. The molecule has 1 unspecified atom stereocenters. The summed E-state index contributed by atoms with van der Waals surface area (Å²) in [5.74, 6) is -3.93. The van der Waals surface area contributed by atoms with Gasteiger partial charge in [-0.25, -0.2) is 8.78 Å². The third-order valence-electron chi connectivity index (χ3n) is 7.74. The quantitative estimate of drug-likeness (QED) is 0.488. The number of hydrogen-bond donors (Lipinski definition) is 2. The lowest BCUT2D eigenvalue weighted by Crippen LogP contribution is -2.49. The van der Waals surface area contributed by atoms with Crippen LogP contribution in [0, 0.1) is 34.8 Å². The van der Waals surface area contributed by atoms with Crippen molar-refractivity contribution >= 4 is 29.2 Å². The molecular formula is C26H26Cl2F2N2O2. The Balaban J connectivity index is 1.99. The molecule has 180 valence electrons. The summed E-state index contributed by atoms with van der Waals surface area (Å²) >= 11 is 12.1. The molecule has 5 atom stereocenters. The fourth-order valence-electron chi connectivity index (χ4n) is 6.13. The third kappa shape index (κ3) is 4.08. The topological polar surface area (TPSA) is 73.1 Å². The minimum absolute atomic E-state index is 0.00712. The van der Waals surface area contributed by atoms with E-state index in [1.54, 1.807) is 0 Å². The van der Waals surface area contributed by atoms with E-state index in [4.69, 9.17) is 23.2 Å². The van der Waals surface area contributed by atoms with E-state index in [1.165, 1.54) is 30.3 Å². The van der Waals surface area contributed by atoms with Gasteiger partial charge in [0, 0.05) is 22.5 Å². The van der Waals surface area contributed by atoms with E-state index in [2.05, 4.69) is 11.4 Å². The Bertz CT molecular complexity index is 1130. The molecule has 2 aromatic carbocycles. The molecule has 34 heavy (non-hydrogen) atoms. The van der Waals surface area contributed by atoms with Crippen LogP contribution < -0.4 is 5.32 Å². The first-order chi connectivity index (χ1) is 16.2. The van der Waals surface area contributed by atoms with Crippen molar-refractivity contribution in [2.24, 2.45) is 11.8 Å². The number of carboxylic acids is 1. The molecule has 8 heteroatoms. The van der Waals surface area contributed by atoms with Crippen molar-refractivity contribution in [3.8, 4) is 6.07 Å². The summed E-state index contributed by atoms with van der Waals surface area (Å²) in [4.78, 5) is 12.5. The summed E-state index contributed by atoms with van der Waals surface area (Å²) in [5, 5.41) is 24.0. The number of nitriles is 1. The number of nitrogens with zero attached hydrogens (tertiary/aromatic N) is 1. The summed E-state index contributed by atoms with van der Waals surface area (Å²) in [5.41, 5.74) is -1.73. The Morgan fingerprint density at radius 2 is 1.91 bits per heavy atom. The van der Waals surface area contributed by atoms with Crippen molar-refractivity contribution in [1.82, 2.24) is 5.32 Å². The van der Waals surface area contributed by atoms with E-state index in [0.29, 0.717) is 0 Å². The van der Waals surface area contributed by atoms with Crippen LogP contribution in [0.2, 0.25) is 10.0 Å². The molecule has 0 spiro atoms. The Morgan fingerprint density at radius 3 is 2.53 bits per heavy atom. The fraction of sp³-hybridized carbons (Fsp3) is 0.462. The summed E-state index contributed by atoms with van der Waals surface area (Å²) < 4.78 is 30.8. The highest BCUT2D eigenvalue weighted by Gasteiger charge is 2.62. The Kier molecular flexibility index (Phi) is 7.19. The van der Waals surface area contributed by atoms with Gasteiger partial charge in [-0.2, -0.15) is 5.26 Å². The number of nitrogens with one attached hydrogen (secondary N) is 1. The fourth-order valence-corrected chi connectivity index (χ4v) is 6.48. The lowest BCUT2D eigenvalue weighted by molar-refractivity contribution is -0.139. The SMILES string of the molecule is CC(C1CCCCC1)[C@@H]1N[C@@H](C(=O)O)[C@H](c2cccc(Cl)c2F)[C@@]1(C#N)c1ccc(Cl)cc1F. The highest BCUT2D eigenvalue weighted by Crippen LogP contribution is 2.53. The van der Waals surface area contributed by atoms with Gasteiger partial charge in [-0.05, 0) is 35.6 Å². The van der Waals surface area contributed by atoms with Crippen molar-refractivity contribution in [3.05, 3.63) is 69.2 Å². The second kappa shape index (κ2) is 9.81. The van der Waals surface area contributed by atoms with Gasteiger partial charge in [0.25, 0.3) is 0 Å². The Labute approximate surface area is 207 Å². The summed E-state index contributed by atoms with van der Waals surface area (Å²) in [6, 6.07) is 8.53. The number of rotatable bonds is 5. The molecule has 0 bridgehead atoms. The zero-order chi connectivity index (χ0) is 24.6. The Hall–Kier alpha value is -2.20. The van der Waals surface area contributed by atoms with Crippen molar-refractivity contribution in [2.45, 2.75) is 62.4 Å². The van der Waals surface area contributed by atoms with E-state index in [1.807, 2.05) is 6.92 Å². The largest absolute Gasteiger partial charge is 0.480 e. The normalized spacial score (nSPS) is 28.4. The van der Waals surface area contributed by atoms with Crippen LogP contribution in [0.4, 0.5) is 8.78 Å². The average Bonchev–Trinajstić information content (AvgIpc) is 3.17. The lowest BCUT2D eigenvalue weighted by atomic mass is 9.60. The number of hydrogen-bond acceptors (Lipinski definition) is 3. The maximum absolute atomic E-state index is 15.5. The second-order valence-electron chi connectivity index (χ2n) is 9.44. The highest BCUT2D eigenvalue weighted by molar-refractivity contribution is 6.31. The minimum Gasteiger partial charge on any atom is -0.480 e. The minimum atomic E-state index is -1.71. The van der Waals surface area contributed by atoms with Gasteiger partial charge in [0.05, 0.1) is 11.1 Å². The van der Waals surface area contributed by atoms with Crippen molar-refractivity contribution in [1.29, 1.82) is 5.26 Å². The van der Waals surface area contributed by atoms with Crippen LogP contribution in [0.5, 0.6) is 0 Å². The molecule has 2 aromatic rings. The van der Waals surface area contributed by atoms with Crippen LogP contribution in [-0.4, -0.2) is 23.2 Å². The predicted octanol–water partition coefficient (Wildman–Crippen LogP) is 6.46. The van der Waals surface area contributed by atoms with Gasteiger partial charge in [0.2, 0.25) is 0 Å². The van der Waals surface area contributed by atoms with Gasteiger partial charge < -0.3 is 5.11 Å². The highest BCUT2D eigenvalue weighted by atomic mass is 35.5. The summed E-state index contributed by atoms with van der Waals surface area (Å²) in [6.45, 7) is 1.98. The summed E-state index contributed by atoms with van der Waals surface area (Å²) in [7, 11) is 0. The summed E-state index contributed by atoms with van der Waals surface area (Å²) in [6.07, 6.45) is 5.11. The lowest BCUT2D eigenvalue weighted by Gasteiger charge is -2.40. The number of carboxylic acid groups (broad SMARTS) is 1. The maximum Gasteiger partial charge on any atom is 0.321 e. The molecule has 1 heterocycles. The first-order valence-corrected chi connectivity index (χ1v) is 12.3. The molecule has 0 aromatic heterocycles. The standard InChI is InChI=1S/C26H26Cl2F2N2O2/c1-14(15-6-3-2-4-7-15)24-26(13-31,18-11-10-16(27)12-20(18)29)21(23(32-24)25(33)34)17-8-5-9-19(28)22(17)30/h5,8-12,14-15,21,23-24,32H,2-4,6-7H2,1H3,(H,33,34)/t14?,21-,23+,24-,26+/m0/s1. The molecule has 0 radical (unpaired) electrons. The Morgan fingerprint density at radius 1 is 1.21 bits per heavy atom. The molecule has 4 rings (SSSR count). The molecule has 1 aliphatic carbocycles. The number of halogens is 4. The van der Waals surface area contributed by atoms with Gasteiger partial charge in [-0.1, -0.05) is 80.4 Å². The van der Waals surface area contributed by atoms with Crippen molar-refractivity contribution < 1.29 is 18.7 Å². The van der Waals surface area contributed by atoms with Crippen LogP contribution >= 0.6 is 23.2 Å². The predicted molar refractivity (Wildman–Crippen MR) is 127 cm³/mol. The average molecular weight is 507 g/mol. The first-order valence-electron chi connectivity index (χ1n) is 11.5. The van der Waals surface area contributed by atoms with Gasteiger partial charge in [0.15, 0.2) is 0 Å². The molecule has 1 saturated carbocycles.